The third-order valence-corrected chi connectivity index (χ3v) is 3.81. The van der Waals surface area contributed by atoms with Crippen molar-refractivity contribution in [3.05, 3.63) is 11.7 Å². The number of rotatable bonds is 7. The standard InChI is InChI=1S/C14H24N4O3.ClH/c1-11-16-13(18-21-11)14(6-4-3-5-7-14)17-12(19)10-15-8-9-20-2;/h15H,3-10H2,1-2H3,(H,17,19);1H. The Kier molecular flexibility index (Phi) is 7.78. The predicted octanol–water partition coefficient (Wildman–Crippen LogP) is 1.31. The van der Waals surface area contributed by atoms with Crippen LogP contribution in [0.1, 0.15) is 43.8 Å². The Hall–Kier alpha value is -1.18. The molecule has 1 aliphatic rings. The molecule has 7 nitrogen and oxygen atoms in total. The van der Waals surface area contributed by atoms with Gasteiger partial charge in [0.05, 0.1) is 13.2 Å². The van der Waals surface area contributed by atoms with E-state index in [1.54, 1.807) is 14.0 Å². The lowest BCUT2D eigenvalue weighted by Gasteiger charge is -2.35. The van der Waals surface area contributed by atoms with E-state index in [1.165, 1.54) is 6.42 Å². The maximum Gasteiger partial charge on any atom is 0.234 e. The van der Waals surface area contributed by atoms with E-state index >= 15 is 0 Å². The summed E-state index contributed by atoms with van der Waals surface area (Å²) in [5.74, 6) is 1.09. The van der Waals surface area contributed by atoms with Gasteiger partial charge in [-0.3, -0.25) is 4.79 Å². The second kappa shape index (κ2) is 9.07. The molecule has 0 atom stereocenters. The fourth-order valence-corrected chi connectivity index (χ4v) is 2.74. The van der Waals surface area contributed by atoms with Crippen molar-refractivity contribution >= 4 is 18.3 Å². The molecule has 1 fully saturated rings. The van der Waals surface area contributed by atoms with E-state index in [0.717, 1.165) is 25.7 Å². The molecule has 1 heterocycles. The first-order chi connectivity index (χ1) is 10.2. The zero-order valence-electron chi connectivity index (χ0n) is 13.2. The molecule has 1 amide bonds. The van der Waals surface area contributed by atoms with Gasteiger partial charge in [0, 0.05) is 20.6 Å². The molecule has 1 saturated carbocycles. The molecule has 0 unspecified atom stereocenters. The number of hydrogen-bond acceptors (Lipinski definition) is 6. The molecule has 126 valence electrons. The summed E-state index contributed by atoms with van der Waals surface area (Å²) in [7, 11) is 1.64. The number of aromatic nitrogens is 2. The van der Waals surface area contributed by atoms with E-state index in [4.69, 9.17) is 9.26 Å². The number of nitrogens with one attached hydrogen (secondary N) is 2. The van der Waals surface area contributed by atoms with Crippen molar-refractivity contribution < 1.29 is 14.1 Å². The van der Waals surface area contributed by atoms with Gasteiger partial charge < -0.3 is 19.9 Å². The fraction of sp³-hybridized carbons (Fsp3) is 0.786. The van der Waals surface area contributed by atoms with Crippen molar-refractivity contribution in [2.24, 2.45) is 0 Å². The van der Waals surface area contributed by atoms with Gasteiger partial charge in [0.25, 0.3) is 0 Å². The van der Waals surface area contributed by atoms with Crippen LogP contribution in [-0.4, -0.2) is 42.9 Å². The molecule has 0 aliphatic heterocycles. The highest BCUT2D eigenvalue weighted by atomic mass is 35.5. The minimum absolute atomic E-state index is 0. The Bertz CT molecular complexity index is 461. The Morgan fingerprint density at radius 2 is 2.09 bits per heavy atom. The summed E-state index contributed by atoms with van der Waals surface area (Å²) in [5.41, 5.74) is -0.476. The molecule has 1 aromatic rings. The van der Waals surface area contributed by atoms with Crippen LogP contribution in [-0.2, 0) is 15.1 Å². The molecule has 0 spiro atoms. The maximum absolute atomic E-state index is 12.2. The van der Waals surface area contributed by atoms with E-state index in [-0.39, 0.29) is 24.9 Å². The lowest BCUT2D eigenvalue weighted by molar-refractivity contribution is -0.123. The molecule has 2 N–H and O–H groups in total. The quantitative estimate of drug-likeness (QED) is 0.732. The van der Waals surface area contributed by atoms with Crippen LogP contribution >= 0.6 is 12.4 Å². The van der Waals surface area contributed by atoms with Gasteiger partial charge in [0.1, 0.15) is 5.54 Å². The van der Waals surface area contributed by atoms with Crippen molar-refractivity contribution in [3.8, 4) is 0 Å². The van der Waals surface area contributed by atoms with Crippen LogP contribution in [0.4, 0.5) is 0 Å². The monoisotopic (exact) mass is 332 g/mol. The molecule has 0 bridgehead atoms. The number of carbonyl (C=O) groups is 1. The molecule has 8 heteroatoms. The fourth-order valence-electron chi connectivity index (χ4n) is 2.74. The molecular formula is C14H25ClN4O3. The number of aryl methyl sites for hydroxylation is 1. The van der Waals surface area contributed by atoms with Crippen LogP contribution in [0.25, 0.3) is 0 Å². The van der Waals surface area contributed by atoms with Crippen LogP contribution in [0, 0.1) is 6.92 Å². The summed E-state index contributed by atoms with van der Waals surface area (Å²) in [6, 6.07) is 0. The highest BCUT2D eigenvalue weighted by Crippen LogP contribution is 2.35. The predicted molar refractivity (Wildman–Crippen MR) is 83.9 cm³/mol. The van der Waals surface area contributed by atoms with Gasteiger partial charge in [-0.25, -0.2) is 0 Å². The molecule has 22 heavy (non-hydrogen) atoms. The third kappa shape index (κ3) is 4.93. The van der Waals surface area contributed by atoms with E-state index in [0.29, 0.717) is 24.9 Å². The summed E-state index contributed by atoms with van der Waals surface area (Å²) in [4.78, 5) is 16.5. The highest BCUT2D eigenvalue weighted by Gasteiger charge is 2.39. The van der Waals surface area contributed by atoms with Gasteiger partial charge in [0.2, 0.25) is 11.8 Å². The summed E-state index contributed by atoms with van der Waals surface area (Å²) in [6.07, 6.45) is 5.02. The topological polar surface area (TPSA) is 89.3 Å². The Morgan fingerprint density at radius 3 is 2.68 bits per heavy atom. The van der Waals surface area contributed by atoms with E-state index < -0.39 is 5.54 Å². The first-order valence-corrected chi connectivity index (χ1v) is 7.48. The summed E-state index contributed by atoms with van der Waals surface area (Å²) in [6.45, 7) is 3.27. The van der Waals surface area contributed by atoms with Gasteiger partial charge >= 0.3 is 0 Å². The molecule has 0 radical (unpaired) electrons. The largest absolute Gasteiger partial charge is 0.383 e. The molecule has 0 saturated heterocycles. The van der Waals surface area contributed by atoms with Crippen LogP contribution in [0.3, 0.4) is 0 Å². The van der Waals surface area contributed by atoms with Gasteiger partial charge in [0.15, 0.2) is 5.82 Å². The first kappa shape index (κ1) is 18.9. The molecular weight excluding hydrogens is 308 g/mol. The van der Waals surface area contributed by atoms with Crippen molar-refractivity contribution in [1.29, 1.82) is 0 Å². The number of hydrogen-bond donors (Lipinski definition) is 2. The zero-order chi connectivity index (χ0) is 15.1. The van der Waals surface area contributed by atoms with Gasteiger partial charge in [-0.15, -0.1) is 12.4 Å². The summed E-state index contributed by atoms with van der Waals surface area (Å²) in [5, 5.41) is 10.2. The number of carbonyl (C=O) groups excluding carboxylic acids is 1. The lowest BCUT2D eigenvalue weighted by atomic mass is 9.81. The summed E-state index contributed by atoms with van der Waals surface area (Å²) >= 11 is 0. The molecule has 1 aliphatic carbocycles. The van der Waals surface area contributed by atoms with Gasteiger partial charge in [-0.2, -0.15) is 4.98 Å². The van der Waals surface area contributed by atoms with Crippen LogP contribution in [0.15, 0.2) is 4.52 Å². The second-order valence-corrected chi connectivity index (χ2v) is 5.50. The van der Waals surface area contributed by atoms with Crippen molar-refractivity contribution in [2.45, 2.75) is 44.6 Å². The average molecular weight is 333 g/mol. The maximum atomic E-state index is 12.2. The van der Waals surface area contributed by atoms with Crippen LogP contribution < -0.4 is 10.6 Å². The third-order valence-electron chi connectivity index (χ3n) is 3.81. The molecule has 1 aromatic heterocycles. The minimum atomic E-state index is -0.476. The minimum Gasteiger partial charge on any atom is -0.383 e. The van der Waals surface area contributed by atoms with E-state index in [2.05, 4.69) is 20.8 Å². The average Bonchev–Trinajstić information content (AvgIpc) is 2.92. The van der Waals surface area contributed by atoms with Crippen LogP contribution in [0.5, 0.6) is 0 Å². The lowest BCUT2D eigenvalue weighted by Crippen LogP contribution is -2.50. The van der Waals surface area contributed by atoms with Gasteiger partial charge in [-0.1, -0.05) is 24.4 Å². The summed E-state index contributed by atoms with van der Waals surface area (Å²) < 4.78 is 10.0. The zero-order valence-corrected chi connectivity index (χ0v) is 14.0. The smallest absolute Gasteiger partial charge is 0.234 e. The van der Waals surface area contributed by atoms with Crippen molar-refractivity contribution in [2.75, 3.05) is 26.8 Å². The number of amides is 1. The van der Waals surface area contributed by atoms with E-state index in [9.17, 15) is 4.79 Å². The Labute approximate surface area is 137 Å². The first-order valence-electron chi connectivity index (χ1n) is 7.48. The number of methoxy groups -OCH3 is 1. The normalized spacial score (nSPS) is 16.8. The van der Waals surface area contributed by atoms with Gasteiger partial charge in [-0.05, 0) is 12.8 Å². The van der Waals surface area contributed by atoms with Crippen molar-refractivity contribution in [1.82, 2.24) is 20.8 Å². The molecule has 2 rings (SSSR count). The van der Waals surface area contributed by atoms with Crippen LogP contribution in [0.2, 0.25) is 0 Å². The Balaban J connectivity index is 0.00000242. The highest BCUT2D eigenvalue weighted by molar-refractivity contribution is 5.85. The Morgan fingerprint density at radius 1 is 1.36 bits per heavy atom. The molecule has 0 aromatic carbocycles. The second-order valence-electron chi connectivity index (χ2n) is 5.50. The van der Waals surface area contributed by atoms with E-state index in [1.807, 2.05) is 0 Å². The van der Waals surface area contributed by atoms with Crippen molar-refractivity contribution in [3.63, 3.8) is 0 Å². The number of halogens is 1. The number of nitrogens with zero attached hydrogens (tertiary/aromatic N) is 2. The SMILES string of the molecule is COCCNCC(=O)NC1(c2noc(C)n2)CCCCC1.Cl. The number of ether oxygens (including phenoxy) is 1.